The molecule has 0 saturated heterocycles. The highest BCUT2D eigenvalue weighted by atomic mass is 19.4. The summed E-state index contributed by atoms with van der Waals surface area (Å²) >= 11 is 0. The topological polar surface area (TPSA) is 46.3 Å². The fourth-order valence-electron chi connectivity index (χ4n) is 2.99. The molecular weight excluding hydrogens is 374 g/mol. The van der Waals surface area contributed by atoms with E-state index in [1.54, 1.807) is 0 Å². The number of carbonyl (C=O) groups is 1. The molecule has 1 heterocycles. The Morgan fingerprint density at radius 2 is 1.85 bits per heavy atom. The lowest BCUT2D eigenvalue weighted by Gasteiger charge is -2.33. The predicted molar refractivity (Wildman–Crippen MR) is 85.7 cm³/mol. The van der Waals surface area contributed by atoms with Crippen LogP contribution in [0.4, 0.5) is 32.0 Å². The van der Waals surface area contributed by atoms with Gasteiger partial charge in [0.1, 0.15) is 5.82 Å². The number of nitrogens with zero attached hydrogens (tertiary/aromatic N) is 1. The molecule has 1 aliphatic rings. The molecule has 0 saturated carbocycles. The van der Waals surface area contributed by atoms with Gasteiger partial charge in [0.2, 0.25) is 5.91 Å². The van der Waals surface area contributed by atoms with Crippen LogP contribution in [0.3, 0.4) is 0 Å². The van der Waals surface area contributed by atoms with Crippen molar-refractivity contribution in [3.8, 4) is 0 Å². The first kappa shape index (κ1) is 19.2. The second-order valence-electron chi connectivity index (χ2n) is 6.23. The smallest absolute Gasteiger partial charge is 0.320 e. The summed E-state index contributed by atoms with van der Waals surface area (Å²) in [5.74, 6) is -1.55. The first-order chi connectivity index (χ1) is 12.6. The van der Waals surface area contributed by atoms with Gasteiger partial charge in [0.05, 0.1) is 18.2 Å². The Balaban J connectivity index is 2.05. The van der Waals surface area contributed by atoms with Crippen molar-refractivity contribution in [2.24, 2.45) is 5.73 Å². The third-order valence-electron chi connectivity index (χ3n) is 4.38. The molecular formula is C18H14F6N2O. The van der Waals surface area contributed by atoms with Crippen LogP contribution in [0.5, 0.6) is 0 Å². The van der Waals surface area contributed by atoms with Gasteiger partial charge >= 0.3 is 6.18 Å². The minimum Gasteiger partial charge on any atom is -0.320 e. The molecule has 3 rings (SSSR count). The Labute approximate surface area is 150 Å². The van der Waals surface area contributed by atoms with Crippen molar-refractivity contribution in [3.63, 3.8) is 0 Å². The van der Waals surface area contributed by atoms with Crippen LogP contribution < -0.4 is 10.6 Å². The number of rotatable bonds is 3. The predicted octanol–water partition coefficient (Wildman–Crippen LogP) is 4.20. The van der Waals surface area contributed by atoms with E-state index in [1.807, 2.05) is 0 Å². The summed E-state index contributed by atoms with van der Waals surface area (Å²) in [6.07, 6.45) is -7.46. The average molecular weight is 388 g/mol. The number of amides is 1. The second kappa shape index (κ2) is 6.88. The van der Waals surface area contributed by atoms with Gasteiger partial charge in [0.25, 0.3) is 6.43 Å². The van der Waals surface area contributed by atoms with Crippen molar-refractivity contribution in [1.82, 2.24) is 0 Å². The fraction of sp³-hybridized carbons (Fsp3) is 0.278. The lowest BCUT2D eigenvalue weighted by molar-refractivity contribution is -0.137. The number of anilines is 1. The van der Waals surface area contributed by atoms with Gasteiger partial charge in [-0.1, -0.05) is 12.1 Å². The second-order valence-corrected chi connectivity index (χ2v) is 6.23. The zero-order chi connectivity index (χ0) is 19.9. The summed E-state index contributed by atoms with van der Waals surface area (Å²) in [4.78, 5) is 13.3. The van der Waals surface area contributed by atoms with Crippen LogP contribution in [-0.4, -0.2) is 11.9 Å². The minimum absolute atomic E-state index is 0.0301. The van der Waals surface area contributed by atoms with Crippen LogP contribution in [0.15, 0.2) is 36.4 Å². The number of hydrogen-bond donors (Lipinski definition) is 1. The molecule has 1 aliphatic heterocycles. The van der Waals surface area contributed by atoms with Gasteiger partial charge in [0.15, 0.2) is 0 Å². The Morgan fingerprint density at radius 3 is 2.48 bits per heavy atom. The number of alkyl halides is 5. The summed E-state index contributed by atoms with van der Waals surface area (Å²) in [6.45, 7) is -0.507. The van der Waals surface area contributed by atoms with Gasteiger partial charge in [-0.3, -0.25) is 4.79 Å². The van der Waals surface area contributed by atoms with Crippen molar-refractivity contribution in [2.45, 2.75) is 31.6 Å². The third kappa shape index (κ3) is 3.78. The lowest BCUT2D eigenvalue weighted by Crippen LogP contribution is -2.48. The molecule has 0 bridgehead atoms. The Morgan fingerprint density at radius 1 is 1.15 bits per heavy atom. The van der Waals surface area contributed by atoms with Crippen LogP contribution in [0, 0.1) is 5.82 Å². The van der Waals surface area contributed by atoms with Gasteiger partial charge in [-0.15, -0.1) is 0 Å². The molecule has 0 radical (unpaired) electrons. The van der Waals surface area contributed by atoms with Crippen LogP contribution >= 0.6 is 0 Å². The van der Waals surface area contributed by atoms with E-state index < -0.39 is 48.0 Å². The Kier molecular flexibility index (Phi) is 4.90. The maximum absolute atomic E-state index is 14.1. The summed E-state index contributed by atoms with van der Waals surface area (Å²) in [5.41, 5.74) is 4.42. The Bertz CT molecular complexity index is 881. The van der Waals surface area contributed by atoms with Crippen molar-refractivity contribution in [1.29, 1.82) is 0 Å². The van der Waals surface area contributed by atoms with Crippen LogP contribution in [-0.2, 0) is 23.9 Å². The fourth-order valence-corrected chi connectivity index (χ4v) is 2.99. The van der Waals surface area contributed by atoms with Gasteiger partial charge in [-0.2, -0.15) is 13.2 Å². The molecule has 0 fully saturated rings. The molecule has 2 aromatic carbocycles. The highest BCUT2D eigenvalue weighted by Gasteiger charge is 2.36. The minimum atomic E-state index is -4.63. The van der Waals surface area contributed by atoms with Crippen LogP contribution in [0.1, 0.15) is 28.7 Å². The van der Waals surface area contributed by atoms with E-state index in [0.717, 1.165) is 35.2 Å². The zero-order valence-electron chi connectivity index (χ0n) is 13.7. The van der Waals surface area contributed by atoms with Crippen molar-refractivity contribution >= 4 is 11.6 Å². The molecule has 1 atom stereocenters. The first-order valence-corrected chi connectivity index (χ1v) is 7.91. The van der Waals surface area contributed by atoms with E-state index in [0.29, 0.717) is 5.56 Å². The summed E-state index contributed by atoms with van der Waals surface area (Å²) < 4.78 is 78.9. The maximum Gasteiger partial charge on any atom is 0.416 e. The van der Waals surface area contributed by atoms with Crippen LogP contribution in [0.25, 0.3) is 0 Å². The van der Waals surface area contributed by atoms with E-state index in [1.165, 1.54) is 6.07 Å². The van der Waals surface area contributed by atoms with Crippen molar-refractivity contribution in [3.05, 3.63) is 64.5 Å². The molecule has 0 unspecified atom stereocenters. The van der Waals surface area contributed by atoms with E-state index in [4.69, 9.17) is 5.73 Å². The normalized spacial score (nSPS) is 17.4. The number of carbonyl (C=O) groups excluding carboxylic acids is 1. The van der Waals surface area contributed by atoms with Crippen molar-refractivity contribution in [2.75, 3.05) is 4.90 Å². The highest BCUT2D eigenvalue weighted by molar-refractivity contribution is 6.00. The third-order valence-corrected chi connectivity index (χ3v) is 4.38. The molecule has 144 valence electrons. The molecule has 0 aliphatic carbocycles. The standard InChI is InChI=1S/C18H14F6N2O/c19-13-4-2-10(16(20)21)5-11(13)8-26-15-7-12(18(22,23)24)3-1-9(15)6-14(25)17(26)27/h1-5,7,14,16H,6,8,25H2/t14-/m1/s1. The summed E-state index contributed by atoms with van der Waals surface area (Å²) in [5, 5.41) is 0. The van der Waals surface area contributed by atoms with Gasteiger partial charge in [-0.05, 0) is 36.2 Å². The monoisotopic (exact) mass is 388 g/mol. The molecule has 2 N–H and O–H groups in total. The SMILES string of the molecule is N[C@@H]1Cc2ccc(C(F)(F)F)cc2N(Cc2cc(C(F)F)ccc2F)C1=O. The van der Waals surface area contributed by atoms with Crippen molar-refractivity contribution < 1.29 is 31.1 Å². The van der Waals surface area contributed by atoms with E-state index >= 15 is 0 Å². The largest absolute Gasteiger partial charge is 0.416 e. The van der Waals surface area contributed by atoms with Gasteiger partial charge < -0.3 is 10.6 Å². The highest BCUT2D eigenvalue weighted by Crippen LogP contribution is 2.36. The van der Waals surface area contributed by atoms with Crippen LogP contribution in [0.2, 0.25) is 0 Å². The Hall–Kier alpha value is -2.55. The average Bonchev–Trinajstić information content (AvgIpc) is 2.59. The van der Waals surface area contributed by atoms with E-state index in [9.17, 15) is 31.1 Å². The molecule has 2 aromatic rings. The molecule has 3 nitrogen and oxygen atoms in total. The number of fused-ring (bicyclic) bond motifs is 1. The number of halogens is 6. The van der Waals surface area contributed by atoms with Gasteiger partial charge in [-0.25, -0.2) is 13.2 Å². The zero-order valence-corrected chi connectivity index (χ0v) is 13.7. The molecule has 1 amide bonds. The first-order valence-electron chi connectivity index (χ1n) is 7.91. The quantitative estimate of drug-likeness (QED) is 0.802. The summed E-state index contributed by atoms with van der Waals surface area (Å²) in [7, 11) is 0. The lowest BCUT2D eigenvalue weighted by atomic mass is 9.95. The number of nitrogens with two attached hydrogens (primary N) is 1. The summed E-state index contributed by atoms with van der Waals surface area (Å²) in [6, 6.07) is 4.48. The maximum atomic E-state index is 14.1. The molecule has 0 aromatic heterocycles. The molecule has 0 spiro atoms. The molecule has 27 heavy (non-hydrogen) atoms. The van der Waals surface area contributed by atoms with E-state index in [-0.39, 0.29) is 17.7 Å². The van der Waals surface area contributed by atoms with Gasteiger partial charge in [0, 0.05) is 16.8 Å². The van der Waals surface area contributed by atoms with E-state index in [2.05, 4.69) is 0 Å². The molecule has 9 heteroatoms. The number of hydrogen-bond acceptors (Lipinski definition) is 2. The number of benzene rings is 2.